The highest BCUT2D eigenvalue weighted by atomic mass is 32.2. The third-order valence-electron chi connectivity index (χ3n) is 8.02. The molecular formula is C27H33N5O6S. The van der Waals surface area contributed by atoms with Crippen molar-refractivity contribution < 1.29 is 27.7 Å². The van der Waals surface area contributed by atoms with Crippen LogP contribution in [0.3, 0.4) is 0 Å². The van der Waals surface area contributed by atoms with Crippen LogP contribution in [0.2, 0.25) is 0 Å². The summed E-state index contributed by atoms with van der Waals surface area (Å²) in [5.74, 6) is -0.453. The van der Waals surface area contributed by atoms with Crippen LogP contribution < -0.4 is 9.62 Å². The van der Waals surface area contributed by atoms with Gasteiger partial charge in [0.1, 0.15) is 17.6 Å². The average Bonchev–Trinajstić information content (AvgIpc) is 3.31. The molecule has 1 amide bonds. The SMILES string of the molecule is COC1CCN(c2cc(C(=O)NS(=O)(=O)C3CCOOC3)nc3c2c(C2CCC2)nn3-c2ccccc2)CC1. The van der Waals surface area contributed by atoms with Crippen molar-refractivity contribution in [3.05, 3.63) is 47.8 Å². The number of anilines is 1. The van der Waals surface area contributed by atoms with Gasteiger partial charge in [0.2, 0.25) is 10.0 Å². The molecule has 6 rings (SSSR count). The number of amides is 1. The standard InChI is InChI=1S/C27H33N5O6S/c1-36-20-10-13-31(14-11-20)23-16-22(27(33)30-39(34,35)21-12-15-37-38-17-21)28-26-24(23)25(18-6-5-7-18)29-32(26)19-8-3-2-4-9-19/h2-4,8-9,16,18,20-21H,5-7,10-15,17H2,1H3,(H,30,33). The molecule has 0 bridgehead atoms. The molecule has 12 heteroatoms. The zero-order valence-corrected chi connectivity index (χ0v) is 22.7. The number of rotatable bonds is 7. The van der Waals surface area contributed by atoms with Crippen LogP contribution in [0.1, 0.15) is 60.6 Å². The lowest BCUT2D eigenvalue weighted by atomic mass is 9.82. The van der Waals surface area contributed by atoms with E-state index >= 15 is 0 Å². The lowest BCUT2D eigenvalue weighted by molar-refractivity contribution is -0.311. The Balaban J connectivity index is 1.46. The third-order valence-corrected chi connectivity index (χ3v) is 9.74. The lowest BCUT2D eigenvalue weighted by Gasteiger charge is -2.34. The van der Waals surface area contributed by atoms with E-state index in [1.807, 2.05) is 30.3 Å². The summed E-state index contributed by atoms with van der Waals surface area (Å²) in [4.78, 5) is 30.1. The van der Waals surface area contributed by atoms with Crippen LogP contribution >= 0.6 is 0 Å². The Kier molecular flexibility index (Phi) is 7.27. The first-order valence-electron chi connectivity index (χ1n) is 13.5. The normalized spacial score (nSPS) is 21.2. The highest BCUT2D eigenvalue weighted by molar-refractivity contribution is 7.90. The van der Waals surface area contributed by atoms with Crippen molar-refractivity contribution in [3.8, 4) is 5.69 Å². The summed E-state index contributed by atoms with van der Waals surface area (Å²) >= 11 is 0. The Labute approximate surface area is 227 Å². The van der Waals surface area contributed by atoms with Gasteiger partial charge in [-0.2, -0.15) is 5.10 Å². The van der Waals surface area contributed by atoms with E-state index in [-0.39, 0.29) is 31.4 Å². The maximum atomic E-state index is 13.4. The van der Waals surface area contributed by atoms with Gasteiger partial charge in [0.05, 0.1) is 35.2 Å². The number of ether oxygens (including phenoxy) is 1. The molecule has 0 radical (unpaired) electrons. The van der Waals surface area contributed by atoms with Gasteiger partial charge in [-0.3, -0.25) is 4.79 Å². The fraction of sp³-hybridized carbons (Fsp3) is 0.519. The van der Waals surface area contributed by atoms with Crippen LogP contribution in [0, 0.1) is 0 Å². The van der Waals surface area contributed by atoms with Crippen molar-refractivity contribution in [1.29, 1.82) is 0 Å². The van der Waals surface area contributed by atoms with Crippen LogP contribution in [0.5, 0.6) is 0 Å². The number of pyridine rings is 1. The van der Waals surface area contributed by atoms with Crippen molar-refractivity contribution in [2.24, 2.45) is 0 Å². The van der Waals surface area contributed by atoms with Crippen molar-refractivity contribution >= 4 is 32.7 Å². The number of fused-ring (bicyclic) bond motifs is 1. The van der Waals surface area contributed by atoms with E-state index in [0.717, 1.165) is 67.6 Å². The minimum atomic E-state index is -3.99. The van der Waals surface area contributed by atoms with Crippen molar-refractivity contribution in [1.82, 2.24) is 19.5 Å². The van der Waals surface area contributed by atoms with Gasteiger partial charge in [0.25, 0.3) is 5.91 Å². The summed E-state index contributed by atoms with van der Waals surface area (Å²) in [6, 6.07) is 11.4. The molecule has 1 saturated carbocycles. The minimum Gasteiger partial charge on any atom is -0.381 e. The smallest absolute Gasteiger partial charge is 0.283 e. The van der Waals surface area contributed by atoms with Gasteiger partial charge < -0.3 is 9.64 Å². The van der Waals surface area contributed by atoms with Gasteiger partial charge in [-0.05, 0) is 50.3 Å². The Bertz CT molecular complexity index is 1440. The Morgan fingerprint density at radius 2 is 1.85 bits per heavy atom. The van der Waals surface area contributed by atoms with Gasteiger partial charge in [-0.1, -0.05) is 24.6 Å². The molecule has 4 heterocycles. The summed E-state index contributed by atoms with van der Waals surface area (Å²) in [5.41, 5.74) is 3.24. The van der Waals surface area contributed by atoms with Gasteiger partial charge in [0.15, 0.2) is 5.65 Å². The summed E-state index contributed by atoms with van der Waals surface area (Å²) in [7, 11) is -2.26. The topological polar surface area (TPSA) is 125 Å². The molecule has 1 atom stereocenters. The number of carbonyl (C=O) groups is 1. The monoisotopic (exact) mass is 555 g/mol. The van der Waals surface area contributed by atoms with E-state index in [0.29, 0.717) is 11.6 Å². The fourth-order valence-electron chi connectivity index (χ4n) is 5.49. The number of nitrogens with zero attached hydrogens (tertiary/aromatic N) is 4. The summed E-state index contributed by atoms with van der Waals surface area (Å²) in [5, 5.41) is 5.08. The first-order valence-corrected chi connectivity index (χ1v) is 15.1. The van der Waals surface area contributed by atoms with Crippen molar-refractivity contribution in [2.75, 3.05) is 38.3 Å². The van der Waals surface area contributed by atoms with Crippen LogP contribution in [-0.4, -0.2) is 73.9 Å². The summed E-state index contributed by atoms with van der Waals surface area (Å²) in [6.45, 7) is 1.50. The number of carbonyl (C=O) groups excluding carboxylic acids is 1. The number of methoxy groups -OCH3 is 1. The van der Waals surface area contributed by atoms with E-state index in [1.54, 1.807) is 17.9 Å². The molecular weight excluding hydrogens is 522 g/mol. The highest BCUT2D eigenvalue weighted by Crippen LogP contribution is 2.43. The molecule has 3 aromatic rings. The second kappa shape index (κ2) is 10.8. The molecule has 1 unspecified atom stereocenters. The molecule has 2 aromatic heterocycles. The van der Waals surface area contributed by atoms with Gasteiger partial charge in [-0.25, -0.2) is 32.6 Å². The zero-order chi connectivity index (χ0) is 27.0. The average molecular weight is 556 g/mol. The molecule has 1 N–H and O–H groups in total. The third kappa shape index (κ3) is 5.13. The molecule has 39 heavy (non-hydrogen) atoms. The molecule has 208 valence electrons. The number of para-hydroxylation sites is 1. The number of aromatic nitrogens is 3. The van der Waals surface area contributed by atoms with Gasteiger partial charge >= 0.3 is 0 Å². The molecule has 2 aliphatic heterocycles. The van der Waals surface area contributed by atoms with E-state index in [4.69, 9.17) is 24.6 Å². The Hall–Kier alpha value is -3.06. The van der Waals surface area contributed by atoms with E-state index in [9.17, 15) is 13.2 Å². The number of hydrogen-bond donors (Lipinski definition) is 1. The summed E-state index contributed by atoms with van der Waals surface area (Å²) < 4.78 is 35.6. The quantitative estimate of drug-likeness (QED) is 0.438. The first-order chi connectivity index (χ1) is 18.9. The van der Waals surface area contributed by atoms with Gasteiger partial charge in [-0.15, -0.1) is 0 Å². The number of nitrogens with one attached hydrogen (secondary N) is 1. The second-order valence-corrected chi connectivity index (χ2v) is 12.4. The molecule has 11 nitrogen and oxygen atoms in total. The molecule has 2 saturated heterocycles. The van der Waals surface area contributed by atoms with E-state index in [2.05, 4.69) is 9.62 Å². The maximum Gasteiger partial charge on any atom is 0.283 e. The number of sulfonamides is 1. The molecule has 1 aromatic carbocycles. The molecule has 3 aliphatic rings. The lowest BCUT2D eigenvalue weighted by Crippen LogP contribution is -2.43. The highest BCUT2D eigenvalue weighted by Gasteiger charge is 2.34. The predicted molar refractivity (Wildman–Crippen MR) is 144 cm³/mol. The van der Waals surface area contributed by atoms with Crippen LogP contribution in [0.15, 0.2) is 36.4 Å². The van der Waals surface area contributed by atoms with Crippen LogP contribution in [0.4, 0.5) is 5.69 Å². The number of benzene rings is 1. The molecule has 3 fully saturated rings. The second-order valence-electron chi connectivity index (χ2n) is 10.4. The first kappa shape index (κ1) is 26.2. The predicted octanol–water partition coefficient (Wildman–Crippen LogP) is 3.08. The Morgan fingerprint density at radius 3 is 2.49 bits per heavy atom. The molecule has 0 spiro atoms. The van der Waals surface area contributed by atoms with Crippen molar-refractivity contribution in [2.45, 2.75) is 55.8 Å². The van der Waals surface area contributed by atoms with Gasteiger partial charge in [0, 0.05) is 26.1 Å². The largest absolute Gasteiger partial charge is 0.381 e. The Morgan fingerprint density at radius 1 is 1.08 bits per heavy atom. The van der Waals surface area contributed by atoms with E-state index in [1.165, 1.54) is 0 Å². The zero-order valence-electron chi connectivity index (χ0n) is 21.9. The fourth-order valence-corrected chi connectivity index (χ4v) is 6.66. The maximum absolute atomic E-state index is 13.4. The minimum absolute atomic E-state index is 0.0279. The van der Waals surface area contributed by atoms with E-state index < -0.39 is 21.2 Å². The summed E-state index contributed by atoms with van der Waals surface area (Å²) in [6.07, 6.45) is 5.39. The number of hydrogen-bond acceptors (Lipinski definition) is 9. The van der Waals surface area contributed by atoms with Crippen LogP contribution in [0.25, 0.3) is 16.7 Å². The molecule has 1 aliphatic carbocycles. The number of piperidine rings is 1. The van der Waals surface area contributed by atoms with Crippen LogP contribution in [-0.2, 0) is 24.5 Å². The van der Waals surface area contributed by atoms with Crippen molar-refractivity contribution in [3.63, 3.8) is 0 Å².